The van der Waals surface area contributed by atoms with Crippen molar-refractivity contribution in [3.05, 3.63) is 30.1 Å². The van der Waals surface area contributed by atoms with Crippen molar-refractivity contribution in [3.63, 3.8) is 0 Å². The first kappa shape index (κ1) is 11.9. The number of nitrogens with two attached hydrogens (primary N) is 1. The van der Waals surface area contributed by atoms with E-state index in [1.807, 2.05) is 13.0 Å². The summed E-state index contributed by atoms with van der Waals surface area (Å²) in [6.45, 7) is 2.46. The van der Waals surface area contributed by atoms with Crippen LogP contribution in [0.4, 0.5) is 11.6 Å². The van der Waals surface area contributed by atoms with Gasteiger partial charge in [-0.1, -0.05) is 6.07 Å². The molecule has 1 amide bonds. The second-order valence-electron chi connectivity index (χ2n) is 3.46. The van der Waals surface area contributed by atoms with Crippen LogP contribution in [0.1, 0.15) is 17.5 Å². The molecule has 0 atom stereocenters. The van der Waals surface area contributed by atoms with Crippen molar-refractivity contribution >= 4 is 17.5 Å². The van der Waals surface area contributed by atoms with E-state index in [0.29, 0.717) is 18.0 Å². The minimum atomic E-state index is -0.409. The summed E-state index contributed by atoms with van der Waals surface area (Å²) < 4.78 is 5.33. The van der Waals surface area contributed by atoms with Gasteiger partial charge in [0, 0.05) is 11.8 Å². The predicted octanol–water partition coefficient (Wildman–Crippen LogP) is 1.04. The number of ether oxygens (including phenoxy) is 1. The molecular formula is C11H13N5O2. The molecule has 0 radical (unpaired) electrons. The quantitative estimate of drug-likeness (QED) is 0.748. The summed E-state index contributed by atoms with van der Waals surface area (Å²) in [6, 6.07) is 7.07. The number of H-pyrrole nitrogens is 1. The summed E-state index contributed by atoms with van der Waals surface area (Å²) in [5, 5.41) is 8.68. The first-order valence-corrected chi connectivity index (χ1v) is 5.41. The van der Waals surface area contributed by atoms with Gasteiger partial charge in [0.15, 0.2) is 0 Å². The standard InChI is InChI=1S/C11H13N5O2/c1-2-18-8-5-3-4-7(6-8)13-10(17)9-14-11(12)16-15-9/h3-6H,2H2,1H3,(H,13,17)(H3,12,14,15,16). The molecule has 1 aromatic heterocycles. The lowest BCUT2D eigenvalue weighted by Crippen LogP contribution is -2.13. The van der Waals surface area contributed by atoms with Crippen molar-refractivity contribution in [2.45, 2.75) is 6.92 Å². The Kier molecular flexibility index (Phi) is 3.42. The van der Waals surface area contributed by atoms with Gasteiger partial charge in [-0.05, 0) is 19.1 Å². The van der Waals surface area contributed by atoms with Crippen LogP contribution in [0.15, 0.2) is 24.3 Å². The Morgan fingerprint density at radius 3 is 3.06 bits per heavy atom. The Morgan fingerprint density at radius 1 is 1.56 bits per heavy atom. The molecule has 0 aliphatic heterocycles. The van der Waals surface area contributed by atoms with E-state index in [1.54, 1.807) is 18.2 Å². The minimum Gasteiger partial charge on any atom is -0.494 e. The van der Waals surface area contributed by atoms with E-state index >= 15 is 0 Å². The van der Waals surface area contributed by atoms with Gasteiger partial charge >= 0.3 is 0 Å². The third kappa shape index (κ3) is 2.76. The molecule has 18 heavy (non-hydrogen) atoms. The normalized spacial score (nSPS) is 10.1. The molecule has 7 heteroatoms. The number of amides is 1. The number of hydrogen-bond donors (Lipinski definition) is 3. The number of nitrogen functional groups attached to an aromatic ring is 1. The molecule has 94 valence electrons. The van der Waals surface area contributed by atoms with Crippen molar-refractivity contribution in [1.82, 2.24) is 15.2 Å². The number of nitrogens with zero attached hydrogens (tertiary/aromatic N) is 2. The van der Waals surface area contributed by atoms with Crippen molar-refractivity contribution in [2.24, 2.45) is 0 Å². The summed E-state index contributed by atoms with van der Waals surface area (Å²) >= 11 is 0. The van der Waals surface area contributed by atoms with E-state index in [-0.39, 0.29) is 11.8 Å². The summed E-state index contributed by atoms with van der Waals surface area (Å²) in [7, 11) is 0. The zero-order valence-electron chi connectivity index (χ0n) is 9.80. The summed E-state index contributed by atoms with van der Waals surface area (Å²) in [4.78, 5) is 15.5. The Bertz CT molecular complexity index is 552. The van der Waals surface area contributed by atoms with Gasteiger partial charge in [0.2, 0.25) is 11.8 Å². The maximum Gasteiger partial charge on any atom is 0.293 e. The SMILES string of the molecule is CCOc1cccc(NC(=O)c2nc(N)n[nH]2)c1. The smallest absolute Gasteiger partial charge is 0.293 e. The van der Waals surface area contributed by atoms with Gasteiger partial charge in [-0.25, -0.2) is 0 Å². The Morgan fingerprint density at radius 2 is 2.39 bits per heavy atom. The van der Waals surface area contributed by atoms with Crippen molar-refractivity contribution in [1.29, 1.82) is 0 Å². The lowest BCUT2D eigenvalue weighted by atomic mass is 10.3. The highest BCUT2D eigenvalue weighted by molar-refractivity contribution is 6.01. The van der Waals surface area contributed by atoms with Crippen molar-refractivity contribution < 1.29 is 9.53 Å². The molecule has 0 fully saturated rings. The van der Waals surface area contributed by atoms with E-state index in [4.69, 9.17) is 10.5 Å². The summed E-state index contributed by atoms with van der Waals surface area (Å²) in [6.07, 6.45) is 0. The number of carbonyl (C=O) groups excluding carboxylic acids is 1. The second-order valence-corrected chi connectivity index (χ2v) is 3.46. The first-order chi connectivity index (χ1) is 8.69. The largest absolute Gasteiger partial charge is 0.494 e. The highest BCUT2D eigenvalue weighted by Crippen LogP contribution is 2.17. The van der Waals surface area contributed by atoms with Gasteiger partial charge in [-0.2, -0.15) is 4.98 Å². The van der Waals surface area contributed by atoms with E-state index in [1.165, 1.54) is 0 Å². The monoisotopic (exact) mass is 247 g/mol. The molecule has 2 aromatic rings. The number of rotatable bonds is 4. The van der Waals surface area contributed by atoms with Crippen molar-refractivity contribution in [3.8, 4) is 5.75 Å². The molecule has 7 nitrogen and oxygen atoms in total. The number of aromatic amines is 1. The zero-order chi connectivity index (χ0) is 13.0. The molecule has 1 aromatic carbocycles. The molecule has 0 saturated heterocycles. The molecular weight excluding hydrogens is 234 g/mol. The summed E-state index contributed by atoms with van der Waals surface area (Å²) in [5.74, 6) is 0.373. The van der Waals surface area contributed by atoms with Gasteiger partial charge in [0.05, 0.1) is 6.61 Å². The van der Waals surface area contributed by atoms with Gasteiger partial charge in [-0.15, -0.1) is 5.10 Å². The lowest BCUT2D eigenvalue weighted by molar-refractivity contribution is 0.101. The second kappa shape index (κ2) is 5.17. The van der Waals surface area contributed by atoms with Crippen molar-refractivity contribution in [2.75, 3.05) is 17.7 Å². The topological polar surface area (TPSA) is 106 Å². The van der Waals surface area contributed by atoms with Gasteiger partial charge < -0.3 is 15.8 Å². The highest BCUT2D eigenvalue weighted by Gasteiger charge is 2.10. The average Bonchev–Trinajstić information content (AvgIpc) is 2.77. The van der Waals surface area contributed by atoms with Crippen LogP contribution in [0.25, 0.3) is 0 Å². The average molecular weight is 247 g/mol. The maximum atomic E-state index is 11.8. The lowest BCUT2D eigenvalue weighted by Gasteiger charge is -2.06. The molecule has 0 unspecified atom stereocenters. The Balaban J connectivity index is 2.09. The molecule has 4 N–H and O–H groups in total. The maximum absolute atomic E-state index is 11.8. The number of hydrogen-bond acceptors (Lipinski definition) is 5. The first-order valence-electron chi connectivity index (χ1n) is 5.41. The van der Waals surface area contributed by atoms with Gasteiger partial charge in [0.1, 0.15) is 5.75 Å². The van der Waals surface area contributed by atoms with Crippen LogP contribution >= 0.6 is 0 Å². The fraction of sp³-hybridized carbons (Fsp3) is 0.182. The van der Waals surface area contributed by atoms with Crippen LogP contribution in [-0.4, -0.2) is 27.7 Å². The molecule has 0 saturated carbocycles. The van der Waals surface area contributed by atoms with E-state index < -0.39 is 5.91 Å². The molecule has 2 rings (SSSR count). The van der Waals surface area contributed by atoms with Crippen LogP contribution in [0.2, 0.25) is 0 Å². The fourth-order valence-electron chi connectivity index (χ4n) is 1.40. The Labute approximate surface area is 103 Å². The number of carbonyl (C=O) groups is 1. The van der Waals surface area contributed by atoms with Gasteiger partial charge in [-0.3, -0.25) is 9.89 Å². The van der Waals surface area contributed by atoms with Crippen LogP contribution in [0.5, 0.6) is 5.75 Å². The molecule has 0 aliphatic rings. The molecule has 1 heterocycles. The Hall–Kier alpha value is -2.57. The minimum absolute atomic E-state index is 0.0308. The van der Waals surface area contributed by atoms with E-state index in [9.17, 15) is 4.79 Å². The number of benzene rings is 1. The number of aromatic nitrogens is 3. The highest BCUT2D eigenvalue weighted by atomic mass is 16.5. The summed E-state index contributed by atoms with van der Waals surface area (Å²) in [5.41, 5.74) is 5.93. The van der Waals surface area contributed by atoms with Crippen LogP contribution in [0.3, 0.4) is 0 Å². The predicted molar refractivity (Wildman–Crippen MR) is 66.4 cm³/mol. The van der Waals surface area contributed by atoms with Crippen LogP contribution in [0, 0.1) is 0 Å². The van der Waals surface area contributed by atoms with Crippen LogP contribution in [-0.2, 0) is 0 Å². The van der Waals surface area contributed by atoms with E-state index in [2.05, 4.69) is 20.5 Å². The van der Waals surface area contributed by atoms with E-state index in [0.717, 1.165) is 0 Å². The van der Waals surface area contributed by atoms with Crippen LogP contribution < -0.4 is 15.8 Å². The number of nitrogens with one attached hydrogen (secondary N) is 2. The fourth-order valence-corrected chi connectivity index (χ4v) is 1.40. The molecule has 0 spiro atoms. The van der Waals surface area contributed by atoms with Gasteiger partial charge in [0.25, 0.3) is 5.91 Å². The molecule has 0 bridgehead atoms. The third-order valence-corrected chi connectivity index (χ3v) is 2.12. The molecule has 0 aliphatic carbocycles. The number of anilines is 2. The zero-order valence-corrected chi connectivity index (χ0v) is 9.80. The third-order valence-electron chi connectivity index (χ3n) is 2.12.